The summed E-state index contributed by atoms with van der Waals surface area (Å²) in [6, 6.07) is 2.05. The van der Waals surface area contributed by atoms with Crippen molar-refractivity contribution in [2.45, 2.75) is 38.5 Å². The van der Waals surface area contributed by atoms with Gasteiger partial charge >= 0.3 is 0 Å². The zero-order valence-electron chi connectivity index (χ0n) is 7.62. The first kappa shape index (κ1) is 7.71. The van der Waals surface area contributed by atoms with Gasteiger partial charge in [0.05, 0.1) is 0 Å². The molecule has 0 radical (unpaired) electrons. The Morgan fingerprint density at radius 3 is 2.75 bits per heavy atom. The van der Waals surface area contributed by atoms with Crippen LogP contribution in [0.2, 0.25) is 0 Å². The molecule has 1 aromatic heterocycles. The molecule has 1 aliphatic carbocycles. The van der Waals surface area contributed by atoms with Gasteiger partial charge in [-0.25, -0.2) is 9.97 Å². The monoisotopic (exact) mass is 162 g/mol. The molecule has 1 aliphatic rings. The molecular weight excluding hydrogens is 148 g/mol. The normalized spacial score (nSPS) is 16.9. The van der Waals surface area contributed by atoms with Gasteiger partial charge in [-0.2, -0.15) is 0 Å². The molecule has 2 rings (SSSR count). The smallest absolute Gasteiger partial charge is 0.131 e. The molecule has 1 heterocycles. The SMILES string of the molecule is CC(C)c1nccc(C2CC2)n1. The lowest BCUT2D eigenvalue weighted by Gasteiger charge is -2.04. The molecule has 0 atom stereocenters. The Morgan fingerprint density at radius 1 is 1.42 bits per heavy atom. The van der Waals surface area contributed by atoms with Crippen LogP contribution >= 0.6 is 0 Å². The van der Waals surface area contributed by atoms with E-state index in [2.05, 4.69) is 23.8 Å². The summed E-state index contributed by atoms with van der Waals surface area (Å²) in [6.45, 7) is 4.26. The van der Waals surface area contributed by atoms with Crippen LogP contribution in [0.1, 0.15) is 50.0 Å². The highest BCUT2D eigenvalue weighted by Crippen LogP contribution is 2.38. The molecule has 12 heavy (non-hydrogen) atoms. The number of hydrogen-bond acceptors (Lipinski definition) is 2. The Labute approximate surface area is 73.1 Å². The van der Waals surface area contributed by atoms with E-state index < -0.39 is 0 Å². The Hall–Kier alpha value is -0.920. The van der Waals surface area contributed by atoms with Crippen LogP contribution in [0.25, 0.3) is 0 Å². The van der Waals surface area contributed by atoms with E-state index in [1.807, 2.05) is 12.3 Å². The number of hydrogen-bond donors (Lipinski definition) is 0. The maximum absolute atomic E-state index is 4.52. The van der Waals surface area contributed by atoms with Crippen molar-refractivity contribution in [3.05, 3.63) is 23.8 Å². The Morgan fingerprint density at radius 2 is 2.17 bits per heavy atom. The van der Waals surface area contributed by atoms with E-state index in [9.17, 15) is 0 Å². The van der Waals surface area contributed by atoms with E-state index in [1.54, 1.807) is 0 Å². The second kappa shape index (κ2) is 2.85. The zero-order valence-corrected chi connectivity index (χ0v) is 7.62. The molecule has 0 unspecified atom stereocenters. The molecule has 0 aliphatic heterocycles. The molecule has 2 heteroatoms. The van der Waals surface area contributed by atoms with Gasteiger partial charge < -0.3 is 0 Å². The Balaban J connectivity index is 2.26. The van der Waals surface area contributed by atoms with E-state index in [1.165, 1.54) is 18.5 Å². The number of nitrogens with zero attached hydrogens (tertiary/aromatic N) is 2. The molecule has 0 amide bonds. The van der Waals surface area contributed by atoms with Crippen LogP contribution in [0.5, 0.6) is 0 Å². The first-order chi connectivity index (χ1) is 5.77. The topological polar surface area (TPSA) is 25.8 Å². The largest absolute Gasteiger partial charge is 0.241 e. The molecular formula is C10H14N2. The molecule has 0 spiro atoms. The summed E-state index contributed by atoms with van der Waals surface area (Å²) in [5.74, 6) is 2.17. The average molecular weight is 162 g/mol. The third kappa shape index (κ3) is 1.47. The molecule has 1 aromatic rings. The second-order valence-electron chi connectivity index (χ2n) is 3.77. The zero-order chi connectivity index (χ0) is 8.55. The van der Waals surface area contributed by atoms with Gasteiger partial charge in [0.1, 0.15) is 5.82 Å². The number of aromatic nitrogens is 2. The Bertz CT molecular complexity index is 260. The van der Waals surface area contributed by atoms with E-state index in [0.29, 0.717) is 5.92 Å². The van der Waals surface area contributed by atoms with Gasteiger partial charge in [0, 0.05) is 23.7 Å². The summed E-state index contributed by atoms with van der Waals surface area (Å²) in [5, 5.41) is 0. The van der Waals surface area contributed by atoms with Crippen LogP contribution < -0.4 is 0 Å². The van der Waals surface area contributed by atoms with E-state index in [4.69, 9.17) is 0 Å². The van der Waals surface area contributed by atoms with Gasteiger partial charge in [0.25, 0.3) is 0 Å². The molecule has 2 nitrogen and oxygen atoms in total. The molecule has 0 aromatic carbocycles. The first-order valence-electron chi connectivity index (χ1n) is 4.60. The quantitative estimate of drug-likeness (QED) is 0.667. The van der Waals surface area contributed by atoms with Crippen LogP contribution in [0, 0.1) is 0 Å². The van der Waals surface area contributed by atoms with Crippen molar-refractivity contribution >= 4 is 0 Å². The van der Waals surface area contributed by atoms with Crippen molar-refractivity contribution in [1.29, 1.82) is 0 Å². The lowest BCUT2D eigenvalue weighted by atomic mass is 10.2. The van der Waals surface area contributed by atoms with Crippen LogP contribution in [0.4, 0.5) is 0 Å². The van der Waals surface area contributed by atoms with Gasteiger partial charge in [0.2, 0.25) is 0 Å². The Kier molecular flexibility index (Phi) is 1.83. The maximum atomic E-state index is 4.52. The fourth-order valence-corrected chi connectivity index (χ4v) is 1.27. The highest BCUT2D eigenvalue weighted by atomic mass is 14.9. The van der Waals surface area contributed by atoms with Gasteiger partial charge in [-0.3, -0.25) is 0 Å². The molecule has 0 bridgehead atoms. The van der Waals surface area contributed by atoms with Crippen molar-refractivity contribution in [3.63, 3.8) is 0 Å². The average Bonchev–Trinajstić information content (AvgIpc) is 2.87. The molecule has 64 valence electrons. The third-order valence-electron chi connectivity index (χ3n) is 2.21. The summed E-state index contributed by atoms with van der Waals surface area (Å²) in [5.41, 5.74) is 1.24. The summed E-state index contributed by atoms with van der Waals surface area (Å²) >= 11 is 0. The fraction of sp³-hybridized carbons (Fsp3) is 0.600. The van der Waals surface area contributed by atoms with E-state index in [-0.39, 0.29) is 0 Å². The third-order valence-corrected chi connectivity index (χ3v) is 2.21. The van der Waals surface area contributed by atoms with Gasteiger partial charge in [0.15, 0.2) is 0 Å². The van der Waals surface area contributed by atoms with Gasteiger partial charge in [-0.15, -0.1) is 0 Å². The van der Waals surface area contributed by atoms with Crippen molar-refractivity contribution in [2.24, 2.45) is 0 Å². The van der Waals surface area contributed by atoms with Crippen LogP contribution in [0.3, 0.4) is 0 Å². The van der Waals surface area contributed by atoms with Crippen LogP contribution in [0.15, 0.2) is 12.3 Å². The minimum absolute atomic E-state index is 0.448. The summed E-state index contributed by atoms with van der Waals surface area (Å²) in [6.07, 6.45) is 4.51. The molecule has 1 fully saturated rings. The van der Waals surface area contributed by atoms with Crippen molar-refractivity contribution in [2.75, 3.05) is 0 Å². The first-order valence-corrected chi connectivity index (χ1v) is 4.60. The predicted octanol–water partition coefficient (Wildman–Crippen LogP) is 2.48. The predicted molar refractivity (Wildman–Crippen MR) is 48.1 cm³/mol. The van der Waals surface area contributed by atoms with Crippen molar-refractivity contribution in [3.8, 4) is 0 Å². The molecule has 0 N–H and O–H groups in total. The lowest BCUT2D eigenvalue weighted by Crippen LogP contribution is -1.99. The second-order valence-corrected chi connectivity index (χ2v) is 3.77. The van der Waals surface area contributed by atoms with E-state index >= 15 is 0 Å². The van der Waals surface area contributed by atoms with Gasteiger partial charge in [-0.05, 0) is 18.9 Å². The van der Waals surface area contributed by atoms with Gasteiger partial charge in [-0.1, -0.05) is 13.8 Å². The summed E-state index contributed by atoms with van der Waals surface area (Å²) < 4.78 is 0. The van der Waals surface area contributed by atoms with Crippen LogP contribution in [-0.4, -0.2) is 9.97 Å². The standard InChI is InChI=1S/C10H14N2/c1-7(2)10-11-6-5-9(12-10)8-3-4-8/h5-8H,3-4H2,1-2H3. The minimum atomic E-state index is 0.448. The fourth-order valence-electron chi connectivity index (χ4n) is 1.27. The molecule has 1 saturated carbocycles. The summed E-state index contributed by atoms with van der Waals surface area (Å²) in [7, 11) is 0. The van der Waals surface area contributed by atoms with E-state index in [0.717, 1.165) is 11.7 Å². The van der Waals surface area contributed by atoms with Crippen molar-refractivity contribution in [1.82, 2.24) is 9.97 Å². The maximum Gasteiger partial charge on any atom is 0.131 e. The summed E-state index contributed by atoms with van der Waals surface area (Å²) in [4.78, 5) is 8.76. The highest BCUT2D eigenvalue weighted by Gasteiger charge is 2.25. The lowest BCUT2D eigenvalue weighted by molar-refractivity contribution is 0.757. The number of rotatable bonds is 2. The highest BCUT2D eigenvalue weighted by molar-refractivity contribution is 5.14. The minimum Gasteiger partial charge on any atom is -0.241 e. The van der Waals surface area contributed by atoms with Crippen LogP contribution in [-0.2, 0) is 0 Å². The van der Waals surface area contributed by atoms with Crippen molar-refractivity contribution < 1.29 is 0 Å². The molecule has 0 saturated heterocycles.